The van der Waals surface area contributed by atoms with Gasteiger partial charge in [0.15, 0.2) is 0 Å². The van der Waals surface area contributed by atoms with Gasteiger partial charge in [-0.2, -0.15) is 11.8 Å². The first kappa shape index (κ1) is 15.7. The molecule has 4 nitrogen and oxygen atoms in total. The molecular weight excluding hydrogens is 260 g/mol. The smallest absolute Gasteiger partial charge is 0.337 e. The highest BCUT2D eigenvalue weighted by Crippen LogP contribution is 2.18. The normalized spacial score (nSPS) is 10.4. The van der Waals surface area contributed by atoms with Crippen molar-refractivity contribution < 1.29 is 9.90 Å². The Morgan fingerprint density at radius 1 is 1.32 bits per heavy atom. The van der Waals surface area contributed by atoms with Gasteiger partial charge in [-0.05, 0) is 43.0 Å². The number of thioether (sulfide) groups is 1. The minimum Gasteiger partial charge on any atom is -0.478 e. The number of rotatable bonds is 9. The molecule has 0 saturated carbocycles. The van der Waals surface area contributed by atoms with Gasteiger partial charge in [0.05, 0.1) is 5.56 Å². The van der Waals surface area contributed by atoms with Crippen LogP contribution in [0.4, 0.5) is 11.4 Å². The van der Waals surface area contributed by atoms with E-state index in [1.807, 2.05) is 17.8 Å². The van der Waals surface area contributed by atoms with E-state index in [-0.39, 0.29) is 5.56 Å². The fourth-order valence-electron chi connectivity index (χ4n) is 1.81. The number of hydrogen-bond donors (Lipinski definition) is 3. The first-order valence-corrected chi connectivity index (χ1v) is 7.90. The first-order chi connectivity index (χ1) is 9.15. The van der Waals surface area contributed by atoms with Gasteiger partial charge in [0.25, 0.3) is 0 Å². The van der Waals surface area contributed by atoms with E-state index < -0.39 is 5.97 Å². The van der Waals surface area contributed by atoms with E-state index in [4.69, 9.17) is 10.8 Å². The van der Waals surface area contributed by atoms with E-state index in [1.165, 1.54) is 25.0 Å². The molecular formula is C14H22N2O2S. The minimum atomic E-state index is -0.988. The van der Waals surface area contributed by atoms with Crippen LogP contribution >= 0.6 is 11.8 Å². The highest BCUT2D eigenvalue weighted by atomic mass is 32.2. The number of carbonyl (C=O) groups is 1. The number of benzene rings is 1. The molecule has 0 aliphatic heterocycles. The summed E-state index contributed by atoms with van der Waals surface area (Å²) >= 11 is 1.88. The van der Waals surface area contributed by atoms with Crippen LogP contribution in [0.25, 0.3) is 0 Å². The van der Waals surface area contributed by atoms with Crippen molar-refractivity contribution in [2.45, 2.75) is 25.7 Å². The van der Waals surface area contributed by atoms with Crippen LogP contribution in [-0.4, -0.2) is 29.6 Å². The number of carboxylic acid groups (broad SMARTS) is 1. The van der Waals surface area contributed by atoms with Gasteiger partial charge in [-0.25, -0.2) is 4.79 Å². The van der Waals surface area contributed by atoms with Crippen molar-refractivity contribution >= 4 is 29.1 Å². The zero-order valence-electron chi connectivity index (χ0n) is 11.3. The number of carboxylic acids is 1. The van der Waals surface area contributed by atoms with E-state index in [1.54, 1.807) is 12.1 Å². The number of unbranched alkanes of at least 4 members (excludes halogenated alkanes) is 3. The second kappa shape index (κ2) is 8.69. The summed E-state index contributed by atoms with van der Waals surface area (Å²) in [5, 5.41) is 12.2. The maximum atomic E-state index is 10.9. The lowest BCUT2D eigenvalue weighted by Crippen LogP contribution is -2.06. The predicted molar refractivity (Wildman–Crippen MR) is 83.2 cm³/mol. The van der Waals surface area contributed by atoms with Crippen LogP contribution in [0.1, 0.15) is 36.0 Å². The lowest BCUT2D eigenvalue weighted by Gasteiger charge is -2.08. The average molecular weight is 282 g/mol. The molecule has 0 amide bonds. The Kier molecular flexibility index (Phi) is 7.18. The molecule has 0 radical (unpaired) electrons. The lowest BCUT2D eigenvalue weighted by molar-refractivity contribution is 0.0698. The Morgan fingerprint density at radius 2 is 2.05 bits per heavy atom. The van der Waals surface area contributed by atoms with Crippen molar-refractivity contribution in [1.82, 2.24) is 0 Å². The van der Waals surface area contributed by atoms with E-state index in [0.29, 0.717) is 5.69 Å². The molecule has 19 heavy (non-hydrogen) atoms. The van der Waals surface area contributed by atoms with E-state index in [2.05, 4.69) is 11.6 Å². The number of nitrogens with two attached hydrogens (primary N) is 1. The lowest BCUT2D eigenvalue weighted by atomic mass is 10.1. The van der Waals surface area contributed by atoms with Crippen molar-refractivity contribution in [3.63, 3.8) is 0 Å². The monoisotopic (exact) mass is 282 g/mol. The molecule has 0 unspecified atom stereocenters. The molecule has 0 spiro atoms. The van der Waals surface area contributed by atoms with Gasteiger partial charge >= 0.3 is 5.97 Å². The third-order valence-corrected chi connectivity index (χ3v) is 3.58. The maximum Gasteiger partial charge on any atom is 0.337 e. The SMILES string of the molecule is CSCCCCCCNc1ccc(N)c(C(=O)O)c1. The summed E-state index contributed by atoms with van der Waals surface area (Å²) < 4.78 is 0. The Bertz CT molecular complexity index is 410. The van der Waals surface area contributed by atoms with E-state index in [0.717, 1.165) is 18.7 Å². The third kappa shape index (κ3) is 5.87. The Morgan fingerprint density at radius 3 is 2.74 bits per heavy atom. The van der Waals surface area contributed by atoms with Crippen molar-refractivity contribution in [2.24, 2.45) is 0 Å². The van der Waals surface area contributed by atoms with Crippen LogP contribution in [0, 0.1) is 0 Å². The molecule has 0 atom stereocenters. The molecule has 0 heterocycles. The van der Waals surface area contributed by atoms with Gasteiger partial charge in [-0.15, -0.1) is 0 Å². The van der Waals surface area contributed by atoms with Gasteiger partial charge in [0.1, 0.15) is 0 Å². The quantitative estimate of drug-likeness (QED) is 0.478. The second-order valence-corrected chi connectivity index (χ2v) is 5.43. The van der Waals surface area contributed by atoms with Crippen LogP contribution in [0.3, 0.4) is 0 Å². The van der Waals surface area contributed by atoms with Crippen molar-refractivity contribution in [3.05, 3.63) is 23.8 Å². The number of nitrogens with one attached hydrogen (secondary N) is 1. The fourth-order valence-corrected chi connectivity index (χ4v) is 2.30. The Hall–Kier alpha value is -1.36. The zero-order valence-corrected chi connectivity index (χ0v) is 12.1. The van der Waals surface area contributed by atoms with E-state index in [9.17, 15) is 4.79 Å². The van der Waals surface area contributed by atoms with Crippen LogP contribution < -0.4 is 11.1 Å². The summed E-state index contributed by atoms with van der Waals surface area (Å²) in [5.74, 6) is 0.242. The molecule has 0 fully saturated rings. The van der Waals surface area contributed by atoms with Gasteiger partial charge in [-0.1, -0.05) is 12.8 Å². The molecule has 5 heteroatoms. The van der Waals surface area contributed by atoms with Crippen LogP contribution in [0.5, 0.6) is 0 Å². The molecule has 0 aliphatic carbocycles. The first-order valence-electron chi connectivity index (χ1n) is 6.50. The van der Waals surface area contributed by atoms with Crippen molar-refractivity contribution in [2.75, 3.05) is 29.6 Å². The third-order valence-electron chi connectivity index (χ3n) is 2.89. The molecule has 0 aromatic heterocycles. The topological polar surface area (TPSA) is 75.3 Å². The molecule has 0 bridgehead atoms. The molecule has 4 N–H and O–H groups in total. The fraction of sp³-hybridized carbons (Fsp3) is 0.500. The summed E-state index contributed by atoms with van der Waals surface area (Å²) in [5.41, 5.74) is 6.88. The zero-order chi connectivity index (χ0) is 14.1. The summed E-state index contributed by atoms with van der Waals surface area (Å²) in [4.78, 5) is 10.9. The van der Waals surface area contributed by atoms with Gasteiger partial charge < -0.3 is 16.2 Å². The minimum absolute atomic E-state index is 0.157. The second-order valence-electron chi connectivity index (χ2n) is 4.44. The molecule has 0 saturated heterocycles. The van der Waals surface area contributed by atoms with Gasteiger partial charge in [-0.3, -0.25) is 0 Å². The van der Waals surface area contributed by atoms with Crippen LogP contribution in [0.15, 0.2) is 18.2 Å². The molecule has 1 rings (SSSR count). The highest BCUT2D eigenvalue weighted by Gasteiger charge is 2.08. The number of hydrogen-bond acceptors (Lipinski definition) is 4. The van der Waals surface area contributed by atoms with E-state index >= 15 is 0 Å². The number of aromatic carboxylic acids is 1. The van der Waals surface area contributed by atoms with Crippen molar-refractivity contribution in [1.29, 1.82) is 0 Å². The van der Waals surface area contributed by atoms with Crippen LogP contribution in [0.2, 0.25) is 0 Å². The standard InChI is InChI=1S/C14H22N2O2S/c1-19-9-5-3-2-4-8-16-11-6-7-13(15)12(10-11)14(17)18/h6-7,10,16H,2-5,8-9,15H2,1H3,(H,17,18). The molecule has 0 aliphatic rings. The molecule has 1 aromatic carbocycles. The Labute approximate surface area is 118 Å². The Balaban J connectivity index is 2.30. The molecule has 1 aromatic rings. The average Bonchev–Trinajstić information content (AvgIpc) is 2.39. The van der Waals surface area contributed by atoms with Gasteiger partial charge in [0, 0.05) is 17.9 Å². The van der Waals surface area contributed by atoms with Crippen LogP contribution in [-0.2, 0) is 0 Å². The molecule has 106 valence electrons. The summed E-state index contributed by atoms with van der Waals surface area (Å²) in [6.45, 7) is 0.863. The number of nitrogen functional groups attached to an aromatic ring is 1. The summed E-state index contributed by atoms with van der Waals surface area (Å²) in [7, 11) is 0. The van der Waals surface area contributed by atoms with Gasteiger partial charge in [0.2, 0.25) is 0 Å². The number of anilines is 2. The predicted octanol–water partition coefficient (Wildman–Crippen LogP) is 3.30. The summed E-state index contributed by atoms with van der Waals surface area (Å²) in [6.07, 6.45) is 6.95. The maximum absolute atomic E-state index is 10.9. The summed E-state index contributed by atoms with van der Waals surface area (Å²) in [6, 6.07) is 5.03. The highest BCUT2D eigenvalue weighted by molar-refractivity contribution is 7.98. The van der Waals surface area contributed by atoms with Crippen molar-refractivity contribution in [3.8, 4) is 0 Å². The largest absolute Gasteiger partial charge is 0.478 e.